The van der Waals surface area contributed by atoms with Crippen molar-refractivity contribution in [1.29, 1.82) is 0 Å². The Labute approximate surface area is 225 Å². The lowest BCUT2D eigenvalue weighted by Gasteiger charge is -2.44. The molecule has 5 heterocycles. The first kappa shape index (κ1) is 24.5. The molecule has 0 radical (unpaired) electrons. The van der Waals surface area contributed by atoms with Gasteiger partial charge in [-0.05, 0) is 6.07 Å². The molecule has 7 rings (SSSR count). The fraction of sp³-hybridized carbons (Fsp3) is 0.185. The van der Waals surface area contributed by atoms with Crippen molar-refractivity contribution >= 4 is 22.9 Å². The zero-order chi connectivity index (χ0) is 29.1. The molecular formula is C27H16O14. The quantitative estimate of drug-likeness (QED) is 0.236. The Balaban J connectivity index is 1.61. The molecule has 2 bridgehead atoms. The standard InChI is InChI=1S/C27H16O14/c1-27-5-12-15(19(31)14-8(25(33)34)2-7(28)3-11(14)38-12)23(40-27)18-22-17(16(26(35)36)20(32)24(18)41-27)21-9(6-37-22)10(29)4-13(30)39-21/h2-4,23,28-29,32H,5-6H2,1H3,(H,33,34)(H,35,36). The summed E-state index contributed by atoms with van der Waals surface area (Å²) in [6.45, 7) is 1.05. The van der Waals surface area contributed by atoms with Gasteiger partial charge < -0.3 is 48.6 Å². The second kappa shape index (κ2) is 7.79. The molecule has 0 saturated carbocycles. The molecule has 0 aliphatic carbocycles. The van der Waals surface area contributed by atoms with Crippen LogP contribution in [0.5, 0.6) is 28.7 Å². The van der Waals surface area contributed by atoms with Crippen LogP contribution in [0.4, 0.5) is 0 Å². The molecule has 4 aromatic rings. The highest BCUT2D eigenvalue weighted by molar-refractivity contribution is 6.04. The van der Waals surface area contributed by atoms with E-state index in [0.717, 1.165) is 18.2 Å². The molecule has 0 amide bonds. The Morgan fingerprint density at radius 3 is 2.44 bits per heavy atom. The smallest absolute Gasteiger partial charge is 0.340 e. The third-order valence-corrected chi connectivity index (χ3v) is 7.27. The predicted octanol–water partition coefficient (Wildman–Crippen LogP) is 2.59. The Morgan fingerprint density at radius 1 is 0.976 bits per heavy atom. The van der Waals surface area contributed by atoms with Crippen molar-refractivity contribution in [3.8, 4) is 40.1 Å². The molecule has 14 nitrogen and oxygen atoms in total. The number of phenolic OH excluding ortho intramolecular Hbond substituents is 1. The van der Waals surface area contributed by atoms with E-state index in [1.165, 1.54) is 6.92 Å². The van der Waals surface area contributed by atoms with Crippen molar-refractivity contribution in [2.24, 2.45) is 0 Å². The van der Waals surface area contributed by atoms with Gasteiger partial charge >= 0.3 is 17.6 Å². The maximum Gasteiger partial charge on any atom is 0.340 e. The predicted molar refractivity (Wildman–Crippen MR) is 132 cm³/mol. The number of hydrogen-bond donors (Lipinski definition) is 5. The summed E-state index contributed by atoms with van der Waals surface area (Å²) >= 11 is 0. The number of benzene rings is 2. The van der Waals surface area contributed by atoms with Crippen LogP contribution in [-0.4, -0.2) is 43.3 Å². The second-order valence-corrected chi connectivity index (χ2v) is 9.87. The fourth-order valence-electron chi connectivity index (χ4n) is 5.67. The summed E-state index contributed by atoms with van der Waals surface area (Å²) in [4.78, 5) is 50.4. The van der Waals surface area contributed by atoms with Crippen molar-refractivity contribution in [3.05, 3.63) is 72.4 Å². The van der Waals surface area contributed by atoms with Crippen LogP contribution in [0.3, 0.4) is 0 Å². The van der Waals surface area contributed by atoms with Crippen LogP contribution in [0.2, 0.25) is 0 Å². The van der Waals surface area contributed by atoms with E-state index in [1.54, 1.807) is 0 Å². The van der Waals surface area contributed by atoms with Crippen LogP contribution >= 0.6 is 0 Å². The Bertz CT molecular complexity index is 2030. The molecule has 2 unspecified atom stereocenters. The van der Waals surface area contributed by atoms with Crippen LogP contribution in [0.15, 0.2) is 36.6 Å². The van der Waals surface area contributed by atoms with Crippen LogP contribution in [0.25, 0.3) is 22.3 Å². The lowest BCUT2D eigenvalue weighted by molar-refractivity contribution is -0.220. The first-order valence-electron chi connectivity index (χ1n) is 12.0. The molecule has 5 N–H and O–H groups in total. The molecule has 208 valence electrons. The van der Waals surface area contributed by atoms with E-state index < -0.39 is 75.4 Å². The monoisotopic (exact) mass is 564 g/mol. The van der Waals surface area contributed by atoms with E-state index in [0.29, 0.717) is 0 Å². The minimum atomic E-state index is -1.65. The third kappa shape index (κ3) is 3.21. The van der Waals surface area contributed by atoms with Crippen LogP contribution < -0.4 is 20.5 Å². The van der Waals surface area contributed by atoms with Gasteiger partial charge in [-0.3, -0.25) is 4.79 Å². The minimum Gasteiger partial charge on any atom is -0.508 e. The van der Waals surface area contributed by atoms with Crippen LogP contribution in [0.1, 0.15) is 56.2 Å². The van der Waals surface area contributed by atoms with E-state index in [2.05, 4.69) is 0 Å². The summed E-state index contributed by atoms with van der Waals surface area (Å²) in [5.74, 6) is -7.67. The number of rotatable bonds is 2. The van der Waals surface area contributed by atoms with Gasteiger partial charge in [0.05, 0.1) is 45.7 Å². The maximum atomic E-state index is 13.9. The van der Waals surface area contributed by atoms with Crippen molar-refractivity contribution in [2.45, 2.75) is 31.8 Å². The molecule has 14 heteroatoms. The van der Waals surface area contributed by atoms with Gasteiger partial charge in [-0.25, -0.2) is 14.4 Å². The van der Waals surface area contributed by atoms with Crippen LogP contribution in [0, 0.1) is 0 Å². The highest BCUT2D eigenvalue weighted by atomic mass is 16.7. The van der Waals surface area contributed by atoms with Crippen molar-refractivity contribution in [2.75, 3.05) is 0 Å². The van der Waals surface area contributed by atoms with E-state index in [4.69, 9.17) is 23.0 Å². The molecule has 2 aromatic carbocycles. The number of carboxylic acids is 2. The normalized spacial score (nSPS) is 19.7. The highest BCUT2D eigenvalue weighted by Crippen LogP contribution is 2.59. The Morgan fingerprint density at radius 2 is 1.73 bits per heavy atom. The van der Waals surface area contributed by atoms with Crippen molar-refractivity contribution < 1.29 is 58.2 Å². The number of aromatic carboxylic acids is 2. The Hall–Kier alpha value is -5.50. The van der Waals surface area contributed by atoms with Gasteiger partial charge in [-0.2, -0.15) is 0 Å². The first-order valence-corrected chi connectivity index (χ1v) is 12.0. The molecule has 0 fully saturated rings. The molecule has 2 atom stereocenters. The number of carboxylic acid groups (broad SMARTS) is 2. The summed E-state index contributed by atoms with van der Waals surface area (Å²) < 4.78 is 29.1. The molecule has 2 aromatic heterocycles. The third-order valence-electron chi connectivity index (χ3n) is 7.27. The topological polar surface area (TPSA) is 223 Å². The lowest BCUT2D eigenvalue weighted by Crippen LogP contribution is -2.48. The van der Waals surface area contributed by atoms with Gasteiger partial charge in [-0.15, -0.1) is 0 Å². The summed E-state index contributed by atoms with van der Waals surface area (Å²) in [6, 6.07) is 2.75. The zero-order valence-electron chi connectivity index (χ0n) is 20.6. The fourth-order valence-corrected chi connectivity index (χ4v) is 5.67. The number of carbonyl (C=O) groups is 2. The zero-order valence-corrected chi connectivity index (χ0v) is 20.6. The molecule has 3 aliphatic rings. The second-order valence-electron chi connectivity index (χ2n) is 9.87. The van der Waals surface area contributed by atoms with Crippen LogP contribution in [-0.2, 0) is 17.8 Å². The SMILES string of the molecule is CC12Cc3oc4cc(O)cc(C(=O)O)c4c(=O)c3C(O1)c1c(c(O)c(C(=O)O)c3c1OCc1c(O)cc(=O)oc1-3)O2. The largest absolute Gasteiger partial charge is 0.508 e. The van der Waals surface area contributed by atoms with Gasteiger partial charge in [0, 0.05) is 13.0 Å². The molecule has 0 spiro atoms. The van der Waals surface area contributed by atoms with Gasteiger partial charge in [-0.1, -0.05) is 0 Å². The van der Waals surface area contributed by atoms with E-state index >= 15 is 0 Å². The van der Waals surface area contributed by atoms with E-state index in [-0.39, 0.29) is 57.1 Å². The number of phenols is 2. The number of aromatic hydroxyl groups is 3. The summed E-state index contributed by atoms with van der Waals surface area (Å²) in [5.41, 5.74) is -4.14. The number of ether oxygens (including phenoxy) is 3. The lowest BCUT2D eigenvalue weighted by atomic mass is 9.85. The molecule has 0 saturated heterocycles. The van der Waals surface area contributed by atoms with Gasteiger partial charge in [0.2, 0.25) is 5.79 Å². The number of fused-ring (bicyclic) bond motifs is 11. The van der Waals surface area contributed by atoms with Crippen molar-refractivity contribution in [1.82, 2.24) is 0 Å². The summed E-state index contributed by atoms with van der Waals surface area (Å²) in [5, 5.41) is 51.0. The van der Waals surface area contributed by atoms with Gasteiger partial charge in [0.25, 0.3) is 0 Å². The maximum absolute atomic E-state index is 13.9. The average Bonchev–Trinajstić information content (AvgIpc) is 2.87. The minimum absolute atomic E-state index is 0.0183. The average molecular weight is 564 g/mol. The Kier molecular flexibility index (Phi) is 4.66. The molecule has 3 aliphatic heterocycles. The van der Waals surface area contributed by atoms with E-state index in [9.17, 15) is 44.7 Å². The summed E-state index contributed by atoms with van der Waals surface area (Å²) in [7, 11) is 0. The highest BCUT2D eigenvalue weighted by Gasteiger charge is 2.52. The molecule has 41 heavy (non-hydrogen) atoms. The summed E-state index contributed by atoms with van der Waals surface area (Å²) in [6.07, 6.45) is -1.68. The van der Waals surface area contributed by atoms with E-state index in [1.807, 2.05) is 0 Å². The first-order chi connectivity index (χ1) is 19.4. The van der Waals surface area contributed by atoms with Gasteiger partial charge in [0.1, 0.15) is 46.9 Å². The van der Waals surface area contributed by atoms with Gasteiger partial charge in [0.15, 0.2) is 22.7 Å². The van der Waals surface area contributed by atoms with Crippen molar-refractivity contribution in [3.63, 3.8) is 0 Å². The molecular weight excluding hydrogens is 548 g/mol. The number of hydrogen-bond acceptors (Lipinski definition) is 12.